The Hall–Kier alpha value is -3.36. The molecule has 3 heterocycles. The van der Waals surface area contributed by atoms with Crippen LogP contribution < -0.4 is 25.2 Å². The number of amides is 2. The van der Waals surface area contributed by atoms with Crippen LogP contribution in [-0.2, 0) is 16.0 Å². The summed E-state index contributed by atoms with van der Waals surface area (Å²) in [7, 11) is 3.58. The van der Waals surface area contributed by atoms with Gasteiger partial charge in [0.05, 0.1) is 19.2 Å². The van der Waals surface area contributed by atoms with E-state index in [0.717, 1.165) is 92.4 Å². The van der Waals surface area contributed by atoms with Crippen molar-refractivity contribution in [1.29, 1.82) is 0 Å². The largest absolute Gasteiger partial charge is 0.496 e. The predicted octanol–water partition coefficient (Wildman–Crippen LogP) is 3.67. The van der Waals surface area contributed by atoms with Gasteiger partial charge in [-0.2, -0.15) is 0 Å². The molecule has 1 aromatic heterocycles. The summed E-state index contributed by atoms with van der Waals surface area (Å²) < 4.78 is 5.81. The topological polar surface area (TPSA) is 105 Å². The number of aromatic nitrogens is 2. The maximum Gasteiger partial charge on any atom is 0.232 e. The van der Waals surface area contributed by atoms with Crippen LogP contribution in [0.25, 0.3) is 0 Å². The van der Waals surface area contributed by atoms with E-state index < -0.39 is 0 Å². The third-order valence-electron chi connectivity index (χ3n) is 9.49. The molecule has 2 saturated carbocycles. The maximum atomic E-state index is 13.4. The highest BCUT2D eigenvalue weighted by molar-refractivity contribution is 5.99. The second-order valence-corrected chi connectivity index (χ2v) is 11.7. The van der Waals surface area contributed by atoms with Gasteiger partial charge in [-0.15, -0.1) is 0 Å². The summed E-state index contributed by atoms with van der Waals surface area (Å²) in [5.41, 5.74) is 8.45. The van der Waals surface area contributed by atoms with Crippen molar-refractivity contribution in [2.45, 2.75) is 76.3 Å². The van der Waals surface area contributed by atoms with E-state index in [-0.39, 0.29) is 29.7 Å². The fourth-order valence-corrected chi connectivity index (χ4v) is 7.29. The van der Waals surface area contributed by atoms with Gasteiger partial charge < -0.3 is 25.2 Å². The number of hydrogen-bond donors (Lipinski definition) is 1. The molecular formula is C30H40N6O3. The molecule has 0 unspecified atom stereocenters. The van der Waals surface area contributed by atoms with Crippen molar-refractivity contribution < 1.29 is 14.3 Å². The third-order valence-corrected chi connectivity index (χ3v) is 9.49. The van der Waals surface area contributed by atoms with E-state index in [1.165, 1.54) is 12.8 Å². The summed E-state index contributed by atoms with van der Waals surface area (Å²) in [4.78, 5) is 41.5. The molecule has 2 aromatic rings. The number of rotatable bonds is 6. The van der Waals surface area contributed by atoms with Crippen molar-refractivity contribution in [3.8, 4) is 5.75 Å². The van der Waals surface area contributed by atoms with Crippen LogP contribution in [0.4, 0.5) is 17.2 Å². The number of methoxy groups -OCH3 is 1. The zero-order valence-corrected chi connectivity index (χ0v) is 23.1. The lowest BCUT2D eigenvalue weighted by atomic mass is 9.96. The van der Waals surface area contributed by atoms with Gasteiger partial charge in [-0.25, -0.2) is 9.97 Å². The first-order chi connectivity index (χ1) is 18.9. The number of nitrogens with zero attached hydrogens (tertiary/aromatic N) is 5. The number of carbonyl (C=O) groups is 2. The Morgan fingerprint density at radius 3 is 2.56 bits per heavy atom. The Bertz CT molecular complexity index is 1240. The van der Waals surface area contributed by atoms with E-state index >= 15 is 0 Å². The summed E-state index contributed by atoms with van der Waals surface area (Å²) >= 11 is 0. The number of anilines is 3. The van der Waals surface area contributed by atoms with Gasteiger partial charge in [0, 0.05) is 61.9 Å². The third kappa shape index (κ3) is 4.80. The SMILES string of the molecule is COc1cc(N2CCC(C(N)=O)CC2)ccc1Cc1ncc2c(n1)N(C1CCCC1)[C@@H]1CCC[C@@H]1C(=O)N2C. The molecule has 2 aliphatic heterocycles. The number of fused-ring (bicyclic) bond motifs is 2. The summed E-state index contributed by atoms with van der Waals surface area (Å²) in [6.07, 6.45) is 11.8. The molecule has 2 atom stereocenters. The van der Waals surface area contributed by atoms with E-state index in [2.05, 4.69) is 28.0 Å². The van der Waals surface area contributed by atoms with Crippen LogP contribution in [0.3, 0.4) is 0 Å². The standard InChI is InChI=1S/C30H40N6O3/c1-34-25-18-32-27(33-29(25)36(21-6-3-4-7-21)24-9-5-8-23(24)30(34)38)16-20-10-11-22(17-26(20)39-2)35-14-12-19(13-15-35)28(31)37/h10-11,17-19,21,23-24H,3-9,12-16H2,1-2H3,(H2,31,37)/t23-,24+/m0/s1. The van der Waals surface area contributed by atoms with Crippen LogP contribution in [0.15, 0.2) is 24.4 Å². The second-order valence-electron chi connectivity index (χ2n) is 11.7. The van der Waals surface area contributed by atoms with Crippen LogP contribution >= 0.6 is 0 Å². The zero-order valence-electron chi connectivity index (χ0n) is 23.1. The van der Waals surface area contributed by atoms with E-state index in [1.807, 2.05) is 13.2 Å². The molecule has 4 aliphatic rings. The van der Waals surface area contributed by atoms with Crippen LogP contribution in [0.5, 0.6) is 5.75 Å². The van der Waals surface area contributed by atoms with Crippen LogP contribution in [0.1, 0.15) is 69.2 Å². The molecule has 0 spiro atoms. The Labute approximate surface area is 230 Å². The average Bonchev–Trinajstić information content (AvgIpc) is 3.65. The van der Waals surface area contributed by atoms with Gasteiger partial charge in [0.25, 0.3) is 0 Å². The van der Waals surface area contributed by atoms with Crippen molar-refractivity contribution in [2.24, 2.45) is 17.6 Å². The molecular weight excluding hydrogens is 492 g/mol. The summed E-state index contributed by atoms with van der Waals surface area (Å²) in [6.45, 7) is 1.60. The maximum absolute atomic E-state index is 13.4. The van der Waals surface area contributed by atoms with E-state index in [4.69, 9.17) is 20.4 Å². The number of piperidine rings is 1. The fraction of sp³-hybridized carbons (Fsp3) is 0.600. The average molecular weight is 533 g/mol. The van der Waals surface area contributed by atoms with Gasteiger partial charge in [-0.3, -0.25) is 9.59 Å². The number of benzene rings is 1. The summed E-state index contributed by atoms with van der Waals surface area (Å²) in [5.74, 6) is 2.47. The molecule has 1 saturated heterocycles. The monoisotopic (exact) mass is 532 g/mol. The highest BCUT2D eigenvalue weighted by atomic mass is 16.5. The van der Waals surface area contributed by atoms with Crippen LogP contribution in [-0.4, -0.2) is 61.1 Å². The first-order valence-electron chi connectivity index (χ1n) is 14.6. The number of ether oxygens (including phenoxy) is 1. The molecule has 6 rings (SSSR count). The minimum absolute atomic E-state index is 0.0360. The van der Waals surface area contributed by atoms with Crippen molar-refractivity contribution in [3.05, 3.63) is 35.8 Å². The summed E-state index contributed by atoms with van der Waals surface area (Å²) in [6, 6.07) is 6.94. The molecule has 208 valence electrons. The first kappa shape index (κ1) is 25.9. The van der Waals surface area contributed by atoms with Crippen LogP contribution in [0.2, 0.25) is 0 Å². The minimum Gasteiger partial charge on any atom is -0.496 e. The van der Waals surface area contributed by atoms with Gasteiger partial charge in [0.1, 0.15) is 17.3 Å². The highest BCUT2D eigenvalue weighted by Crippen LogP contribution is 2.44. The van der Waals surface area contributed by atoms with Crippen molar-refractivity contribution in [2.75, 3.05) is 41.9 Å². The van der Waals surface area contributed by atoms with Crippen molar-refractivity contribution >= 4 is 29.0 Å². The summed E-state index contributed by atoms with van der Waals surface area (Å²) in [5, 5.41) is 0. The van der Waals surface area contributed by atoms with E-state index in [0.29, 0.717) is 12.5 Å². The lowest BCUT2D eigenvalue weighted by Crippen LogP contribution is -2.46. The smallest absolute Gasteiger partial charge is 0.232 e. The number of carbonyl (C=O) groups excluding carboxylic acids is 2. The van der Waals surface area contributed by atoms with Gasteiger partial charge in [-0.1, -0.05) is 25.3 Å². The zero-order chi connectivity index (χ0) is 27.1. The minimum atomic E-state index is -0.200. The number of hydrogen-bond acceptors (Lipinski definition) is 7. The number of primary amides is 1. The fourth-order valence-electron chi connectivity index (χ4n) is 7.29. The molecule has 3 fully saturated rings. The van der Waals surface area contributed by atoms with Crippen LogP contribution in [0, 0.1) is 11.8 Å². The molecule has 2 aliphatic carbocycles. The molecule has 2 amide bonds. The Kier molecular flexibility index (Phi) is 7.08. The van der Waals surface area contributed by atoms with Crippen molar-refractivity contribution in [1.82, 2.24) is 9.97 Å². The van der Waals surface area contributed by atoms with E-state index in [1.54, 1.807) is 12.0 Å². The highest BCUT2D eigenvalue weighted by Gasteiger charge is 2.46. The number of nitrogens with two attached hydrogens (primary N) is 1. The lowest BCUT2D eigenvalue weighted by Gasteiger charge is -2.36. The first-order valence-corrected chi connectivity index (χ1v) is 14.6. The van der Waals surface area contributed by atoms with Gasteiger partial charge >= 0.3 is 0 Å². The quantitative estimate of drug-likeness (QED) is 0.605. The normalized spacial score (nSPS) is 24.1. The lowest BCUT2D eigenvalue weighted by molar-refractivity contribution is -0.123. The molecule has 9 nitrogen and oxygen atoms in total. The molecule has 0 bridgehead atoms. The van der Waals surface area contributed by atoms with Gasteiger partial charge in [0.15, 0.2) is 5.82 Å². The Morgan fingerprint density at radius 1 is 1.08 bits per heavy atom. The molecule has 0 radical (unpaired) electrons. The van der Waals surface area contributed by atoms with Gasteiger partial charge in [-0.05, 0) is 44.6 Å². The Morgan fingerprint density at radius 2 is 1.85 bits per heavy atom. The molecule has 2 N–H and O–H groups in total. The Balaban J connectivity index is 1.28. The molecule has 1 aromatic carbocycles. The second kappa shape index (κ2) is 10.7. The predicted molar refractivity (Wildman–Crippen MR) is 151 cm³/mol. The van der Waals surface area contributed by atoms with Crippen molar-refractivity contribution in [3.63, 3.8) is 0 Å². The van der Waals surface area contributed by atoms with Gasteiger partial charge in [0.2, 0.25) is 11.8 Å². The van der Waals surface area contributed by atoms with E-state index in [9.17, 15) is 9.59 Å². The molecule has 39 heavy (non-hydrogen) atoms. The molecule has 9 heteroatoms.